The molecule has 1 atom stereocenters. The van der Waals surface area contributed by atoms with E-state index in [1.807, 2.05) is 0 Å². The summed E-state index contributed by atoms with van der Waals surface area (Å²) in [5, 5.41) is 10.9. The van der Waals surface area contributed by atoms with E-state index in [-0.39, 0.29) is 31.5 Å². The van der Waals surface area contributed by atoms with Crippen molar-refractivity contribution >= 4 is 28.1 Å². The van der Waals surface area contributed by atoms with Gasteiger partial charge in [-0.2, -0.15) is 4.31 Å². The average Bonchev–Trinajstić information content (AvgIpc) is 2.38. The summed E-state index contributed by atoms with van der Waals surface area (Å²) in [4.78, 5) is 9.11. The topological polar surface area (TPSA) is 107 Å². The minimum atomic E-state index is -4.26. The van der Waals surface area contributed by atoms with Crippen LogP contribution in [0.3, 0.4) is 0 Å². The van der Waals surface area contributed by atoms with Gasteiger partial charge in [-0.1, -0.05) is 6.07 Å². The standard InChI is InChI=1S/C11H14FN3O4S.ClH/c12-9-4-1-5-10(15(16)17)11(9)20(18,19)14-6-2-3-8(13)7-14;/h1,4-5,8H,2-3,6-7,13H2;1H/t8-;/m1./s1. The van der Waals surface area contributed by atoms with Crippen LogP contribution in [0, 0.1) is 15.9 Å². The van der Waals surface area contributed by atoms with E-state index in [0.717, 1.165) is 22.5 Å². The molecule has 2 N–H and O–H groups in total. The van der Waals surface area contributed by atoms with Crippen LogP contribution >= 0.6 is 12.4 Å². The number of hydrogen-bond acceptors (Lipinski definition) is 5. The molecule has 0 aromatic heterocycles. The molecular formula is C11H15ClFN3O4S. The SMILES string of the molecule is Cl.N[C@@H]1CCCN(S(=O)(=O)c2c(F)cccc2[N+](=O)[O-])C1. The Kier molecular flexibility index (Phi) is 5.62. The molecule has 0 saturated carbocycles. The van der Waals surface area contributed by atoms with Gasteiger partial charge in [0.1, 0.15) is 5.82 Å². The summed E-state index contributed by atoms with van der Waals surface area (Å²) in [6.45, 7) is 0.218. The van der Waals surface area contributed by atoms with Crippen LogP contribution in [0.15, 0.2) is 23.1 Å². The molecule has 1 aliphatic heterocycles. The lowest BCUT2D eigenvalue weighted by atomic mass is 10.1. The number of piperidine rings is 1. The highest BCUT2D eigenvalue weighted by molar-refractivity contribution is 7.89. The maximum absolute atomic E-state index is 13.8. The molecule has 1 fully saturated rings. The molecule has 0 bridgehead atoms. The molecule has 0 aliphatic carbocycles. The molecule has 21 heavy (non-hydrogen) atoms. The fraction of sp³-hybridized carbons (Fsp3) is 0.455. The largest absolute Gasteiger partial charge is 0.327 e. The first-order valence-corrected chi connectivity index (χ1v) is 7.46. The fourth-order valence-electron chi connectivity index (χ4n) is 2.22. The predicted molar refractivity (Wildman–Crippen MR) is 76.3 cm³/mol. The predicted octanol–water partition coefficient (Wildman–Crippen LogP) is 1.27. The summed E-state index contributed by atoms with van der Waals surface area (Å²) in [6.07, 6.45) is 1.22. The van der Waals surface area contributed by atoms with E-state index < -0.39 is 31.3 Å². The van der Waals surface area contributed by atoms with Gasteiger partial charge in [0.2, 0.25) is 0 Å². The van der Waals surface area contributed by atoms with Crippen molar-refractivity contribution in [3.05, 3.63) is 34.1 Å². The molecule has 0 radical (unpaired) electrons. The number of nitro groups is 1. The van der Waals surface area contributed by atoms with Crippen LogP contribution in [0.25, 0.3) is 0 Å². The van der Waals surface area contributed by atoms with E-state index in [4.69, 9.17) is 5.73 Å². The molecule has 1 saturated heterocycles. The van der Waals surface area contributed by atoms with Crippen molar-refractivity contribution in [1.29, 1.82) is 0 Å². The summed E-state index contributed by atoms with van der Waals surface area (Å²) < 4.78 is 39.6. The summed E-state index contributed by atoms with van der Waals surface area (Å²) >= 11 is 0. The zero-order valence-electron chi connectivity index (χ0n) is 10.9. The van der Waals surface area contributed by atoms with Crippen molar-refractivity contribution in [2.24, 2.45) is 5.73 Å². The molecule has 10 heteroatoms. The molecule has 1 aromatic rings. The Bertz CT molecular complexity index is 640. The summed E-state index contributed by atoms with van der Waals surface area (Å²) in [5.41, 5.74) is 4.94. The highest BCUT2D eigenvalue weighted by atomic mass is 35.5. The van der Waals surface area contributed by atoms with Crippen molar-refractivity contribution in [3.63, 3.8) is 0 Å². The first kappa shape index (κ1) is 17.8. The number of nitrogens with zero attached hydrogens (tertiary/aromatic N) is 2. The molecule has 1 heterocycles. The van der Waals surface area contributed by atoms with Gasteiger partial charge in [0.25, 0.3) is 15.7 Å². The smallest absolute Gasteiger partial charge is 0.292 e. The number of nitro benzene ring substituents is 1. The monoisotopic (exact) mass is 339 g/mol. The molecule has 0 amide bonds. The Morgan fingerprint density at radius 1 is 1.43 bits per heavy atom. The quantitative estimate of drug-likeness (QED) is 0.659. The Hall–Kier alpha value is -1.29. The van der Waals surface area contributed by atoms with E-state index in [1.54, 1.807) is 0 Å². The fourth-order valence-corrected chi connectivity index (χ4v) is 3.95. The Balaban J connectivity index is 0.00000220. The molecule has 1 aliphatic rings. The lowest BCUT2D eigenvalue weighted by Crippen LogP contribution is -2.45. The minimum Gasteiger partial charge on any atom is -0.327 e. The van der Waals surface area contributed by atoms with Gasteiger partial charge in [0.05, 0.1) is 4.92 Å². The molecular weight excluding hydrogens is 325 g/mol. The van der Waals surface area contributed by atoms with Crippen LogP contribution in [0.2, 0.25) is 0 Å². The van der Waals surface area contributed by atoms with E-state index >= 15 is 0 Å². The second-order valence-corrected chi connectivity index (χ2v) is 6.49. The normalized spacial score (nSPS) is 19.8. The highest BCUT2D eigenvalue weighted by Crippen LogP contribution is 2.30. The van der Waals surface area contributed by atoms with Gasteiger partial charge in [0, 0.05) is 25.2 Å². The van der Waals surface area contributed by atoms with Crippen molar-refractivity contribution in [1.82, 2.24) is 4.31 Å². The zero-order valence-corrected chi connectivity index (χ0v) is 12.6. The van der Waals surface area contributed by atoms with Crippen molar-refractivity contribution in [2.75, 3.05) is 13.1 Å². The Morgan fingerprint density at radius 3 is 2.67 bits per heavy atom. The molecule has 7 nitrogen and oxygen atoms in total. The number of rotatable bonds is 3. The first-order valence-electron chi connectivity index (χ1n) is 6.02. The third-order valence-corrected chi connectivity index (χ3v) is 5.09. The number of hydrogen-bond donors (Lipinski definition) is 1. The van der Waals surface area contributed by atoms with Gasteiger partial charge in [-0.3, -0.25) is 10.1 Å². The lowest BCUT2D eigenvalue weighted by Gasteiger charge is -2.29. The van der Waals surface area contributed by atoms with Gasteiger partial charge >= 0.3 is 0 Å². The third kappa shape index (κ3) is 3.49. The second-order valence-electron chi connectivity index (χ2n) is 4.61. The van der Waals surface area contributed by atoms with Gasteiger partial charge in [-0.15, -0.1) is 12.4 Å². The average molecular weight is 340 g/mol. The molecule has 1 aromatic carbocycles. The van der Waals surface area contributed by atoms with E-state index in [9.17, 15) is 22.9 Å². The number of nitrogens with two attached hydrogens (primary N) is 1. The molecule has 2 rings (SSSR count). The second kappa shape index (κ2) is 6.65. The summed E-state index contributed by atoms with van der Waals surface area (Å²) in [7, 11) is -4.26. The molecule has 118 valence electrons. The summed E-state index contributed by atoms with van der Waals surface area (Å²) in [5.74, 6) is -1.13. The van der Waals surface area contributed by atoms with Gasteiger partial charge < -0.3 is 5.73 Å². The van der Waals surface area contributed by atoms with Crippen molar-refractivity contribution < 1.29 is 17.7 Å². The highest BCUT2D eigenvalue weighted by Gasteiger charge is 2.36. The van der Waals surface area contributed by atoms with Gasteiger partial charge in [-0.25, -0.2) is 12.8 Å². The maximum Gasteiger partial charge on any atom is 0.292 e. The molecule has 0 spiro atoms. The minimum absolute atomic E-state index is 0. The van der Waals surface area contributed by atoms with Crippen molar-refractivity contribution in [2.45, 2.75) is 23.8 Å². The van der Waals surface area contributed by atoms with E-state index in [1.165, 1.54) is 0 Å². The van der Waals surface area contributed by atoms with Crippen LogP contribution in [0.1, 0.15) is 12.8 Å². The van der Waals surface area contributed by atoms with Crippen LogP contribution < -0.4 is 5.73 Å². The lowest BCUT2D eigenvalue weighted by molar-refractivity contribution is -0.388. The Labute approximate surface area is 127 Å². The zero-order chi connectivity index (χ0) is 14.9. The summed E-state index contributed by atoms with van der Waals surface area (Å²) in [6, 6.07) is 2.63. The van der Waals surface area contributed by atoms with Crippen molar-refractivity contribution in [3.8, 4) is 0 Å². The van der Waals surface area contributed by atoms with Crippen LogP contribution in [0.4, 0.5) is 10.1 Å². The van der Waals surface area contributed by atoms with Gasteiger partial charge in [0.15, 0.2) is 4.90 Å². The number of benzene rings is 1. The van der Waals surface area contributed by atoms with Crippen LogP contribution in [-0.4, -0.2) is 36.8 Å². The number of halogens is 2. The molecule has 0 unspecified atom stereocenters. The van der Waals surface area contributed by atoms with Crippen LogP contribution in [-0.2, 0) is 10.0 Å². The third-order valence-electron chi connectivity index (χ3n) is 3.16. The number of sulfonamides is 1. The van der Waals surface area contributed by atoms with Gasteiger partial charge in [-0.05, 0) is 18.9 Å². The maximum atomic E-state index is 13.8. The van der Waals surface area contributed by atoms with E-state index in [2.05, 4.69) is 0 Å². The van der Waals surface area contributed by atoms with Crippen LogP contribution in [0.5, 0.6) is 0 Å². The Morgan fingerprint density at radius 2 is 2.10 bits per heavy atom. The first-order chi connectivity index (χ1) is 9.34. The van der Waals surface area contributed by atoms with E-state index in [0.29, 0.717) is 12.8 Å².